The third-order valence-electron chi connectivity index (χ3n) is 5.72. The van der Waals surface area contributed by atoms with Crippen LogP contribution in [0.4, 0.5) is 24.5 Å². The molecule has 2 saturated heterocycles. The molecule has 2 heterocycles. The first-order valence-electron chi connectivity index (χ1n) is 9.98. The molecule has 2 fully saturated rings. The maximum absolute atomic E-state index is 13.7. The van der Waals surface area contributed by atoms with E-state index in [1.54, 1.807) is 6.07 Å². The maximum Gasteiger partial charge on any atom is 0.418 e. The smallest absolute Gasteiger partial charge is 0.371 e. The van der Waals surface area contributed by atoms with Gasteiger partial charge in [-0.05, 0) is 36.6 Å². The van der Waals surface area contributed by atoms with Crippen LogP contribution in [0.2, 0.25) is 0 Å². The molecule has 0 amide bonds. The Morgan fingerprint density at radius 1 is 0.750 bits per heavy atom. The van der Waals surface area contributed by atoms with Crippen molar-refractivity contribution in [2.75, 3.05) is 49.1 Å². The fourth-order valence-electron chi connectivity index (χ4n) is 4.19. The van der Waals surface area contributed by atoms with Gasteiger partial charge in [-0.25, -0.2) is 0 Å². The molecule has 0 aliphatic carbocycles. The summed E-state index contributed by atoms with van der Waals surface area (Å²) in [4.78, 5) is 6.30. The molecular formula is C22H26F3N3. The maximum atomic E-state index is 13.7. The minimum absolute atomic E-state index is 0.330. The first kappa shape index (κ1) is 19.1. The molecule has 28 heavy (non-hydrogen) atoms. The summed E-state index contributed by atoms with van der Waals surface area (Å²) in [5.41, 5.74) is 1.77. The summed E-state index contributed by atoms with van der Waals surface area (Å²) in [6, 6.07) is 15.2. The summed E-state index contributed by atoms with van der Waals surface area (Å²) in [6.07, 6.45) is -2.41. The zero-order valence-corrected chi connectivity index (χ0v) is 16.0. The van der Waals surface area contributed by atoms with E-state index in [-0.39, 0.29) is 0 Å². The second-order valence-electron chi connectivity index (χ2n) is 7.64. The van der Waals surface area contributed by atoms with Gasteiger partial charge in [0.1, 0.15) is 0 Å². The normalized spacial score (nSPS) is 18.7. The molecule has 2 aliphatic heterocycles. The molecule has 0 radical (unpaired) electrons. The summed E-state index contributed by atoms with van der Waals surface area (Å²) < 4.78 is 41.1. The van der Waals surface area contributed by atoms with Crippen molar-refractivity contribution in [1.82, 2.24) is 4.90 Å². The van der Waals surface area contributed by atoms with Crippen LogP contribution in [0, 0.1) is 0 Å². The second kappa shape index (κ2) is 8.03. The standard InChI is InChI=1S/C22H26F3N3/c23-22(24,25)20-16-19(8-9-21(20)28-10-4-5-11-28)27-14-12-26(13-15-27)17-18-6-2-1-3-7-18/h1-3,6-9,16H,4-5,10-15,17H2. The SMILES string of the molecule is FC(F)(F)c1cc(N2CCN(Cc3ccccc3)CC2)ccc1N1CCCC1. The lowest BCUT2D eigenvalue weighted by molar-refractivity contribution is -0.137. The van der Waals surface area contributed by atoms with Crippen molar-refractivity contribution in [2.24, 2.45) is 0 Å². The van der Waals surface area contributed by atoms with E-state index in [1.165, 1.54) is 11.6 Å². The van der Waals surface area contributed by atoms with Crippen molar-refractivity contribution in [3.63, 3.8) is 0 Å². The molecular weight excluding hydrogens is 363 g/mol. The van der Waals surface area contributed by atoms with Crippen LogP contribution < -0.4 is 9.80 Å². The van der Waals surface area contributed by atoms with E-state index in [9.17, 15) is 13.2 Å². The van der Waals surface area contributed by atoms with Crippen molar-refractivity contribution in [3.8, 4) is 0 Å². The number of benzene rings is 2. The van der Waals surface area contributed by atoms with Gasteiger partial charge in [0.2, 0.25) is 0 Å². The number of hydrogen-bond donors (Lipinski definition) is 0. The van der Waals surface area contributed by atoms with E-state index >= 15 is 0 Å². The van der Waals surface area contributed by atoms with Gasteiger partial charge in [0, 0.05) is 57.2 Å². The third-order valence-corrected chi connectivity index (χ3v) is 5.72. The lowest BCUT2D eigenvalue weighted by atomic mass is 10.1. The van der Waals surface area contributed by atoms with Crippen molar-refractivity contribution in [3.05, 3.63) is 59.7 Å². The predicted molar refractivity (Wildman–Crippen MR) is 107 cm³/mol. The Morgan fingerprint density at radius 3 is 2.07 bits per heavy atom. The molecule has 0 bridgehead atoms. The van der Waals surface area contributed by atoms with Crippen LogP contribution in [0.1, 0.15) is 24.0 Å². The van der Waals surface area contributed by atoms with Crippen molar-refractivity contribution in [2.45, 2.75) is 25.6 Å². The summed E-state index contributed by atoms with van der Waals surface area (Å²) >= 11 is 0. The van der Waals surface area contributed by atoms with Gasteiger partial charge in [-0.1, -0.05) is 30.3 Å². The Kier molecular flexibility index (Phi) is 5.49. The van der Waals surface area contributed by atoms with Gasteiger partial charge in [-0.2, -0.15) is 13.2 Å². The molecule has 6 heteroatoms. The van der Waals surface area contributed by atoms with Gasteiger partial charge >= 0.3 is 6.18 Å². The largest absolute Gasteiger partial charge is 0.418 e. The monoisotopic (exact) mass is 389 g/mol. The molecule has 0 unspecified atom stereocenters. The van der Waals surface area contributed by atoms with Crippen molar-refractivity contribution < 1.29 is 13.2 Å². The Balaban J connectivity index is 1.46. The second-order valence-corrected chi connectivity index (χ2v) is 7.64. The van der Waals surface area contributed by atoms with Crippen LogP contribution in [-0.2, 0) is 12.7 Å². The van der Waals surface area contributed by atoms with E-state index in [2.05, 4.69) is 21.9 Å². The van der Waals surface area contributed by atoms with Gasteiger partial charge in [-0.15, -0.1) is 0 Å². The van der Waals surface area contributed by atoms with E-state index in [0.29, 0.717) is 24.5 Å². The van der Waals surface area contributed by atoms with Crippen LogP contribution in [0.3, 0.4) is 0 Å². The minimum atomic E-state index is -4.33. The zero-order valence-electron chi connectivity index (χ0n) is 16.0. The molecule has 0 atom stereocenters. The van der Waals surface area contributed by atoms with Gasteiger partial charge in [0.15, 0.2) is 0 Å². The predicted octanol–water partition coefficient (Wildman–Crippen LogP) is 4.63. The lowest BCUT2D eigenvalue weighted by Gasteiger charge is -2.36. The fourth-order valence-corrected chi connectivity index (χ4v) is 4.19. The number of hydrogen-bond acceptors (Lipinski definition) is 3. The highest BCUT2D eigenvalue weighted by Gasteiger charge is 2.36. The average molecular weight is 389 g/mol. The number of piperazine rings is 1. The summed E-state index contributed by atoms with van der Waals surface area (Å²) in [5, 5.41) is 0. The Hall–Kier alpha value is -2.21. The summed E-state index contributed by atoms with van der Waals surface area (Å²) in [7, 11) is 0. The number of anilines is 2. The van der Waals surface area contributed by atoms with Crippen LogP contribution >= 0.6 is 0 Å². The number of halogens is 3. The molecule has 0 N–H and O–H groups in total. The Morgan fingerprint density at radius 2 is 1.43 bits per heavy atom. The minimum Gasteiger partial charge on any atom is -0.371 e. The molecule has 0 spiro atoms. The lowest BCUT2D eigenvalue weighted by Crippen LogP contribution is -2.46. The van der Waals surface area contributed by atoms with Crippen molar-refractivity contribution in [1.29, 1.82) is 0 Å². The molecule has 2 aliphatic rings. The quantitative estimate of drug-likeness (QED) is 0.755. The van der Waals surface area contributed by atoms with Crippen molar-refractivity contribution >= 4 is 11.4 Å². The van der Waals surface area contributed by atoms with E-state index < -0.39 is 11.7 Å². The molecule has 4 rings (SSSR count). The average Bonchev–Trinajstić information content (AvgIpc) is 3.23. The first-order valence-corrected chi connectivity index (χ1v) is 9.98. The molecule has 0 aromatic heterocycles. The Bertz CT molecular complexity index is 777. The van der Waals surface area contributed by atoms with Crippen LogP contribution in [-0.4, -0.2) is 44.2 Å². The summed E-state index contributed by atoms with van der Waals surface area (Å²) in [6.45, 7) is 5.49. The van der Waals surface area contributed by atoms with E-state index in [4.69, 9.17) is 0 Å². The highest BCUT2D eigenvalue weighted by Crippen LogP contribution is 2.40. The zero-order chi connectivity index (χ0) is 19.6. The van der Waals surface area contributed by atoms with Crippen LogP contribution in [0.15, 0.2) is 48.5 Å². The highest BCUT2D eigenvalue weighted by molar-refractivity contribution is 5.63. The topological polar surface area (TPSA) is 9.72 Å². The van der Waals surface area contributed by atoms with Gasteiger partial charge in [-0.3, -0.25) is 4.90 Å². The first-order chi connectivity index (χ1) is 13.5. The molecule has 2 aromatic rings. The van der Waals surface area contributed by atoms with E-state index in [1.807, 2.05) is 29.2 Å². The molecule has 2 aromatic carbocycles. The summed E-state index contributed by atoms with van der Waals surface area (Å²) in [5.74, 6) is 0. The molecule has 3 nitrogen and oxygen atoms in total. The van der Waals surface area contributed by atoms with Gasteiger partial charge in [0.05, 0.1) is 5.56 Å². The van der Waals surface area contributed by atoms with Crippen LogP contribution in [0.25, 0.3) is 0 Å². The molecule has 150 valence electrons. The van der Waals surface area contributed by atoms with Gasteiger partial charge < -0.3 is 9.80 Å². The van der Waals surface area contributed by atoms with Crippen LogP contribution in [0.5, 0.6) is 0 Å². The number of nitrogens with zero attached hydrogens (tertiary/aromatic N) is 3. The Labute approximate surface area is 164 Å². The highest BCUT2D eigenvalue weighted by atomic mass is 19.4. The van der Waals surface area contributed by atoms with Gasteiger partial charge in [0.25, 0.3) is 0 Å². The molecule has 0 saturated carbocycles. The van der Waals surface area contributed by atoms with E-state index in [0.717, 1.165) is 45.6 Å². The third kappa shape index (κ3) is 4.27. The number of rotatable bonds is 4. The fraction of sp³-hybridized carbons (Fsp3) is 0.455. The number of alkyl halides is 3.